The van der Waals surface area contributed by atoms with Crippen molar-refractivity contribution in [2.24, 2.45) is 7.05 Å². The zero-order valence-corrected chi connectivity index (χ0v) is 38.2. The molecule has 0 radical (unpaired) electrons. The molecule has 0 saturated carbocycles. The van der Waals surface area contributed by atoms with Crippen LogP contribution in [0.15, 0.2) is 84.2 Å². The molecule has 7 rings (SSSR count). The summed E-state index contributed by atoms with van der Waals surface area (Å²) in [7, 11) is 4.65. The molecule has 2 aromatic carbocycles. The number of halogens is 1. The molecule has 4 aromatic heterocycles. The average molecular weight is 950 g/mol. The van der Waals surface area contributed by atoms with Gasteiger partial charge in [-0.25, -0.2) is 29.1 Å². The summed E-state index contributed by atoms with van der Waals surface area (Å²) in [4.78, 5) is 79.5. The van der Waals surface area contributed by atoms with Gasteiger partial charge in [-0.05, 0) is 54.8 Å². The van der Waals surface area contributed by atoms with Crippen LogP contribution in [0.1, 0.15) is 45.2 Å². The number of amides is 4. The number of piperidine rings is 1. The molecule has 5 heterocycles. The summed E-state index contributed by atoms with van der Waals surface area (Å²) < 4.78 is 44.6. The van der Waals surface area contributed by atoms with Crippen molar-refractivity contribution in [3.63, 3.8) is 0 Å². The molecule has 1 aliphatic heterocycles. The van der Waals surface area contributed by atoms with Gasteiger partial charge in [-0.15, -0.1) is 0 Å². The molecule has 69 heavy (non-hydrogen) atoms. The number of carbonyl (C=O) groups excluding carboxylic acids is 4. The van der Waals surface area contributed by atoms with Crippen LogP contribution in [-0.4, -0.2) is 126 Å². The maximum atomic E-state index is 13.5. The first-order chi connectivity index (χ1) is 33.5. The second-order valence-corrected chi connectivity index (χ2v) is 15.4. The van der Waals surface area contributed by atoms with E-state index in [0.29, 0.717) is 104 Å². The number of fused-ring (bicyclic) bond motifs is 1. The Morgan fingerprint density at radius 3 is 2.16 bits per heavy atom. The molecule has 1 unspecified atom stereocenters. The van der Waals surface area contributed by atoms with Crippen molar-refractivity contribution in [3.8, 4) is 17.1 Å². The van der Waals surface area contributed by atoms with Gasteiger partial charge in [-0.2, -0.15) is 0 Å². The summed E-state index contributed by atoms with van der Waals surface area (Å²) in [5.74, 6) is -0.713. The number of nitrogens with one attached hydrogen (secondary N) is 5. The Balaban J connectivity index is 0.756. The lowest BCUT2D eigenvalue weighted by molar-refractivity contribution is -0.135. The highest BCUT2D eigenvalue weighted by molar-refractivity contribution is 6.01. The van der Waals surface area contributed by atoms with Gasteiger partial charge in [0.05, 0.1) is 111 Å². The van der Waals surface area contributed by atoms with E-state index in [1.165, 1.54) is 35.7 Å². The molecule has 1 aliphatic rings. The van der Waals surface area contributed by atoms with E-state index in [-0.39, 0.29) is 60.8 Å². The average Bonchev–Trinajstić information content (AvgIpc) is 3.60. The molecule has 362 valence electrons. The van der Waals surface area contributed by atoms with Gasteiger partial charge >= 0.3 is 5.69 Å². The van der Waals surface area contributed by atoms with Crippen molar-refractivity contribution in [3.05, 3.63) is 112 Å². The lowest BCUT2D eigenvalue weighted by Gasteiger charge is -2.21. The van der Waals surface area contributed by atoms with Crippen molar-refractivity contribution >= 4 is 57.7 Å². The number of hydrogen-bond acceptors (Lipinski definition) is 16. The Labute approximate surface area is 395 Å². The number of ether oxygens (including phenoxy) is 5. The number of imide groups is 1. The molecular weight excluding hydrogens is 898 g/mol. The second-order valence-electron chi connectivity index (χ2n) is 15.4. The molecule has 22 heteroatoms. The topological polar surface area (TPSA) is 253 Å². The van der Waals surface area contributed by atoms with Gasteiger partial charge in [0.25, 0.3) is 11.8 Å². The van der Waals surface area contributed by atoms with Crippen LogP contribution in [0.25, 0.3) is 22.4 Å². The maximum absolute atomic E-state index is 13.5. The summed E-state index contributed by atoms with van der Waals surface area (Å²) in [6.45, 7) is 3.26. The number of rotatable bonds is 24. The predicted octanol–water partition coefficient (Wildman–Crippen LogP) is 3.60. The zero-order valence-electron chi connectivity index (χ0n) is 38.2. The molecule has 0 aliphatic carbocycles. The molecule has 0 spiro atoms. The number of benzene rings is 2. The van der Waals surface area contributed by atoms with E-state index < -0.39 is 17.8 Å². The van der Waals surface area contributed by atoms with Gasteiger partial charge in [0.1, 0.15) is 17.7 Å². The first kappa shape index (κ1) is 49.3. The monoisotopic (exact) mass is 949 g/mol. The molecule has 4 amide bonds. The van der Waals surface area contributed by atoms with Crippen molar-refractivity contribution in [2.45, 2.75) is 25.3 Å². The largest absolute Gasteiger partial charge is 0.494 e. The van der Waals surface area contributed by atoms with Crippen LogP contribution in [0.3, 0.4) is 0 Å². The van der Waals surface area contributed by atoms with E-state index in [2.05, 4.69) is 46.5 Å². The van der Waals surface area contributed by atoms with Gasteiger partial charge in [0.15, 0.2) is 17.4 Å². The molecule has 6 aromatic rings. The molecule has 1 fully saturated rings. The molecular formula is C47H52FN11O10. The molecule has 1 atom stereocenters. The van der Waals surface area contributed by atoms with Crippen LogP contribution in [-0.2, 0) is 42.0 Å². The molecule has 0 bridgehead atoms. The minimum atomic E-state index is -0.726. The lowest BCUT2D eigenvalue weighted by Crippen LogP contribution is -2.44. The minimum absolute atomic E-state index is 0.186. The van der Waals surface area contributed by atoms with Gasteiger partial charge < -0.3 is 45.0 Å². The Morgan fingerprint density at radius 1 is 0.768 bits per heavy atom. The normalized spacial score (nSPS) is 13.5. The van der Waals surface area contributed by atoms with Crippen molar-refractivity contribution in [1.29, 1.82) is 0 Å². The van der Waals surface area contributed by atoms with Gasteiger partial charge in [0, 0.05) is 45.5 Å². The fourth-order valence-corrected chi connectivity index (χ4v) is 7.39. The predicted molar refractivity (Wildman–Crippen MR) is 250 cm³/mol. The number of anilines is 4. The van der Waals surface area contributed by atoms with Crippen LogP contribution in [0, 0.1) is 5.82 Å². The maximum Gasteiger partial charge on any atom is 0.329 e. The first-order valence-electron chi connectivity index (χ1n) is 22.0. The lowest BCUT2D eigenvalue weighted by atomic mass is 10.1. The fraction of sp³-hybridized carbons (Fsp3) is 0.340. The summed E-state index contributed by atoms with van der Waals surface area (Å²) in [6, 6.07) is 15.0. The van der Waals surface area contributed by atoms with Crippen molar-refractivity contribution in [2.75, 3.05) is 84.2 Å². The summed E-state index contributed by atoms with van der Waals surface area (Å²) in [6.07, 6.45) is 6.04. The zero-order chi connectivity index (χ0) is 48.7. The third-order valence-electron chi connectivity index (χ3n) is 10.9. The first-order valence-corrected chi connectivity index (χ1v) is 22.0. The van der Waals surface area contributed by atoms with Crippen LogP contribution in [0.5, 0.6) is 5.75 Å². The van der Waals surface area contributed by atoms with E-state index >= 15 is 0 Å². The molecule has 21 nitrogen and oxygen atoms in total. The summed E-state index contributed by atoms with van der Waals surface area (Å²) >= 11 is 0. The van der Waals surface area contributed by atoms with Crippen LogP contribution < -0.4 is 37.0 Å². The van der Waals surface area contributed by atoms with Gasteiger partial charge in [0.2, 0.25) is 11.8 Å². The highest BCUT2D eigenvalue weighted by Crippen LogP contribution is 2.37. The quantitative estimate of drug-likeness (QED) is 0.0429. The number of pyridine rings is 2. The molecule has 1 saturated heterocycles. The van der Waals surface area contributed by atoms with Crippen molar-refractivity contribution < 1.29 is 47.3 Å². The smallest absolute Gasteiger partial charge is 0.329 e. The molecule has 5 N–H and O–H groups in total. The Morgan fingerprint density at radius 2 is 1.48 bits per heavy atom. The fourth-order valence-electron chi connectivity index (χ4n) is 7.39. The summed E-state index contributed by atoms with van der Waals surface area (Å²) in [5.41, 5.74) is 3.97. The Kier molecular flexibility index (Phi) is 17.0. The number of nitrogens with zero attached hydrogens (tertiary/aromatic N) is 6. The number of methoxy groups -OCH3 is 1. The number of para-hydroxylation sites is 1. The SMILES string of the molecule is CNC(=O)c1cnc(Nc2ccc(C(=O)NCCOCCOCCOCCOCCc3ccc4c(c3)n(C)c(=O)n4C3CCC(=O)NC3=O)cn2)cc1Nc1cccc(-c2ncc(F)cn2)c1OC. The number of hydrogen-bond donors (Lipinski definition) is 5. The van der Waals surface area contributed by atoms with Crippen LogP contribution in [0.2, 0.25) is 0 Å². The van der Waals surface area contributed by atoms with E-state index in [9.17, 15) is 28.4 Å². The van der Waals surface area contributed by atoms with Crippen LogP contribution >= 0.6 is 0 Å². The highest BCUT2D eigenvalue weighted by atomic mass is 19.1. The third-order valence-corrected chi connectivity index (χ3v) is 10.9. The van der Waals surface area contributed by atoms with E-state index in [0.717, 1.165) is 18.0 Å². The van der Waals surface area contributed by atoms with Gasteiger partial charge in [-0.3, -0.25) is 33.6 Å². The van der Waals surface area contributed by atoms with Gasteiger partial charge in [-0.1, -0.05) is 12.1 Å². The number of carbonyl (C=O) groups is 4. The van der Waals surface area contributed by atoms with Crippen LogP contribution in [0.4, 0.5) is 27.4 Å². The van der Waals surface area contributed by atoms with E-state index in [1.54, 1.807) is 43.4 Å². The standard InChI is InChI=1S/C47H52FN11O10/c1-49-45(62)33-28-52-40(24-35(33)55-34-6-4-5-32(42(34)65-3)43-53-26-31(48)27-54-43)56-39-11-8-30(25-51-39)44(61)50-14-16-67-18-20-69-22-21-68-19-17-66-15-13-29-7-9-36-38(23-29)58(2)47(64)59(36)37-10-12-41(60)57-46(37)63/h4-9,11,23-28,37H,10,12-22H2,1-3H3,(H,49,62)(H,50,61)(H,57,60,63)(H2,51,52,55,56). The second kappa shape index (κ2) is 23.9. The highest BCUT2D eigenvalue weighted by Gasteiger charge is 2.31. The minimum Gasteiger partial charge on any atom is -0.494 e. The number of imidazole rings is 1. The Bertz CT molecular complexity index is 2820. The Hall–Kier alpha value is -7.66. The van der Waals surface area contributed by atoms with E-state index in [4.69, 9.17) is 23.7 Å². The number of aromatic nitrogens is 6. The third kappa shape index (κ3) is 12.7. The van der Waals surface area contributed by atoms with E-state index in [1.807, 2.05) is 18.2 Å². The number of aryl methyl sites for hydroxylation is 1. The van der Waals surface area contributed by atoms with Crippen molar-refractivity contribution in [1.82, 2.24) is 45.0 Å². The summed E-state index contributed by atoms with van der Waals surface area (Å²) in [5, 5.41) is 14.1.